The Labute approximate surface area is 138 Å². The molecule has 7 heteroatoms. The number of hydrogen-bond acceptors (Lipinski definition) is 4. The molecule has 0 atom stereocenters. The first-order valence-corrected chi connectivity index (χ1v) is 7.38. The van der Waals surface area contributed by atoms with E-state index in [9.17, 15) is 9.18 Å². The first-order chi connectivity index (χ1) is 11.5. The second-order valence-corrected chi connectivity index (χ2v) is 5.41. The average Bonchev–Trinajstić information content (AvgIpc) is 2.83. The summed E-state index contributed by atoms with van der Waals surface area (Å²) < 4.78 is 15.3. The number of hydrogen-bond donors (Lipinski definition) is 1. The monoisotopic (exact) mass is 325 g/mol. The summed E-state index contributed by atoms with van der Waals surface area (Å²) in [7, 11) is 0. The third kappa shape index (κ3) is 2.88. The molecule has 6 nitrogen and oxygen atoms in total. The molecule has 0 unspecified atom stereocenters. The van der Waals surface area contributed by atoms with Gasteiger partial charge in [0, 0.05) is 5.69 Å². The van der Waals surface area contributed by atoms with Crippen LogP contribution in [0.25, 0.3) is 5.95 Å². The molecule has 0 saturated heterocycles. The molecule has 0 saturated carbocycles. The van der Waals surface area contributed by atoms with Crippen molar-refractivity contribution in [3.05, 3.63) is 65.0 Å². The van der Waals surface area contributed by atoms with Gasteiger partial charge in [0.25, 0.3) is 11.9 Å². The van der Waals surface area contributed by atoms with E-state index in [1.807, 2.05) is 20.8 Å². The summed E-state index contributed by atoms with van der Waals surface area (Å²) in [5.74, 6) is -0.718. The minimum Gasteiger partial charge on any atom is -0.319 e. The Morgan fingerprint density at radius 2 is 1.79 bits per heavy atom. The van der Waals surface area contributed by atoms with Crippen LogP contribution in [0.15, 0.2) is 36.7 Å². The van der Waals surface area contributed by atoms with Crippen LogP contribution in [-0.4, -0.2) is 25.7 Å². The Morgan fingerprint density at radius 1 is 1.12 bits per heavy atom. The number of nitrogens with zero attached hydrogens (tertiary/aromatic N) is 4. The van der Waals surface area contributed by atoms with Crippen molar-refractivity contribution in [2.75, 3.05) is 5.32 Å². The highest BCUT2D eigenvalue weighted by Gasteiger charge is 2.13. The van der Waals surface area contributed by atoms with Crippen molar-refractivity contribution in [2.24, 2.45) is 0 Å². The minimum atomic E-state index is -0.578. The molecule has 1 N–H and O–H groups in total. The van der Waals surface area contributed by atoms with Crippen LogP contribution in [0.1, 0.15) is 27.3 Å². The Hall–Kier alpha value is -3.09. The topological polar surface area (TPSA) is 72.7 Å². The first-order valence-electron chi connectivity index (χ1n) is 7.38. The summed E-state index contributed by atoms with van der Waals surface area (Å²) in [5, 5.41) is 6.96. The minimum absolute atomic E-state index is 0.0317. The number of halogens is 1. The maximum atomic E-state index is 13.6. The molecule has 3 aromatic rings. The van der Waals surface area contributed by atoms with Crippen LogP contribution in [0.5, 0.6) is 0 Å². The number of rotatable bonds is 3. The number of aromatic nitrogens is 4. The van der Waals surface area contributed by atoms with Crippen molar-refractivity contribution in [3.8, 4) is 5.95 Å². The van der Waals surface area contributed by atoms with Crippen LogP contribution in [0.4, 0.5) is 10.1 Å². The van der Waals surface area contributed by atoms with Crippen LogP contribution in [0, 0.1) is 26.6 Å². The molecule has 0 aliphatic carbocycles. The Balaban J connectivity index is 1.81. The van der Waals surface area contributed by atoms with E-state index in [0.29, 0.717) is 11.6 Å². The zero-order valence-electron chi connectivity index (χ0n) is 13.5. The fourth-order valence-corrected chi connectivity index (χ4v) is 2.25. The fraction of sp³-hybridized carbons (Fsp3) is 0.176. The molecule has 0 radical (unpaired) electrons. The molecule has 1 amide bonds. The molecule has 0 spiro atoms. The lowest BCUT2D eigenvalue weighted by molar-refractivity contribution is 0.102. The third-order valence-corrected chi connectivity index (χ3v) is 3.86. The van der Waals surface area contributed by atoms with E-state index in [2.05, 4.69) is 20.4 Å². The fourth-order valence-electron chi connectivity index (χ4n) is 2.25. The van der Waals surface area contributed by atoms with Crippen molar-refractivity contribution in [1.82, 2.24) is 19.7 Å². The molecule has 2 heterocycles. The van der Waals surface area contributed by atoms with Crippen LogP contribution in [0.3, 0.4) is 0 Å². The highest BCUT2D eigenvalue weighted by Crippen LogP contribution is 2.15. The van der Waals surface area contributed by atoms with E-state index in [1.165, 1.54) is 30.6 Å². The predicted molar refractivity (Wildman–Crippen MR) is 87.7 cm³/mol. The van der Waals surface area contributed by atoms with Gasteiger partial charge in [-0.05, 0) is 38.5 Å². The van der Waals surface area contributed by atoms with Crippen molar-refractivity contribution >= 4 is 11.6 Å². The van der Waals surface area contributed by atoms with Crippen LogP contribution in [0.2, 0.25) is 0 Å². The lowest BCUT2D eigenvalue weighted by atomic mass is 10.2. The van der Waals surface area contributed by atoms with Gasteiger partial charge in [-0.25, -0.2) is 19.0 Å². The highest BCUT2D eigenvalue weighted by molar-refractivity contribution is 6.04. The van der Waals surface area contributed by atoms with Gasteiger partial charge in [-0.15, -0.1) is 0 Å². The average molecular weight is 325 g/mol. The normalized spacial score (nSPS) is 10.7. The lowest BCUT2D eigenvalue weighted by Gasteiger charge is -2.07. The summed E-state index contributed by atoms with van der Waals surface area (Å²) >= 11 is 0. The molecule has 0 fully saturated rings. The Bertz CT molecular complexity index is 902. The molecular weight excluding hydrogens is 309 g/mol. The first kappa shape index (κ1) is 15.8. The van der Waals surface area contributed by atoms with Crippen molar-refractivity contribution < 1.29 is 9.18 Å². The number of carbonyl (C=O) groups excluding carboxylic acids is 1. The van der Waals surface area contributed by atoms with Crippen LogP contribution >= 0.6 is 0 Å². The molecule has 122 valence electrons. The van der Waals surface area contributed by atoms with Crippen LogP contribution < -0.4 is 5.32 Å². The van der Waals surface area contributed by atoms with Gasteiger partial charge in [-0.1, -0.05) is 12.1 Å². The van der Waals surface area contributed by atoms with Crippen molar-refractivity contribution in [1.29, 1.82) is 0 Å². The lowest BCUT2D eigenvalue weighted by Crippen LogP contribution is -2.14. The summed E-state index contributed by atoms with van der Waals surface area (Å²) in [4.78, 5) is 20.5. The number of carbonyl (C=O) groups is 1. The molecule has 2 aromatic heterocycles. The molecule has 24 heavy (non-hydrogen) atoms. The van der Waals surface area contributed by atoms with Gasteiger partial charge in [-0.2, -0.15) is 5.10 Å². The van der Waals surface area contributed by atoms with E-state index in [-0.39, 0.29) is 5.56 Å². The maximum Gasteiger partial charge on any atom is 0.258 e. The van der Waals surface area contributed by atoms with Gasteiger partial charge in [0.05, 0.1) is 29.3 Å². The summed E-state index contributed by atoms with van der Waals surface area (Å²) in [6, 6.07) is 5.78. The van der Waals surface area contributed by atoms with Crippen molar-refractivity contribution in [2.45, 2.75) is 20.8 Å². The number of nitrogens with one attached hydrogen (secondary N) is 1. The standard InChI is InChI=1S/C17H16FN5O/c1-10-11(2)22-23(12(10)3)17-19-8-13(9-20-17)21-16(24)14-6-4-5-7-15(14)18/h4-9H,1-3H3,(H,21,24). The van der Waals surface area contributed by atoms with E-state index in [1.54, 1.807) is 10.7 Å². The second-order valence-electron chi connectivity index (χ2n) is 5.41. The third-order valence-electron chi connectivity index (χ3n) is 3.86. The van der Waals surface area contributed by atoms with E-state index >= 15 is 0 Å². The highest BCUT2D eigenvalue weighted by atomic mass is 19.1. The van der Waals surface area contributed by atoms with Gasteiger partial charge < -0.3 is 5.32 Å². The van der Waals surface area contributed by atoms with Gasteiger partial charge >= 0.3 is 0 Å². The summed E-state index contributed by atoms with van der Waals surface area (Å²) in [5.41, 5.74) is 3.29. The molecule has 0 aliphatic heterocycles. The zero-order valence-corrected chi connectivity index (χ0v) is 13.5. The van der Waals surface area contributed by atoms with Gasteiger partial charge in [0.15, 0.2) is 0 Å². The molecule has 3 rings (SSSR count). The van der Waals surface area contributed by atoms with Gasteiger partial charge in [-0.3, -0.25) is 4.79 Å². The quantitative estimate of drug-likeness (QED) is 0.803. The zero-order chi connectivity index (χ0) is 17.3. The van der Waals surface area contributed by atoms with Crippen LogP contribution in [-0.2, 0) is 0 Å². The molecular formula is C17H16FN5O. The van der Waals surface area contributed by atoms with Gasteiger partial charge in [0.2, 0.25) is 0 Å². The smallest absolute Gasteiger partial charge is 0.258 e. The van der Waals surface area contributed by atoms with E-state index < -0.39 is 11.7 Å². The van der Waals surface area contributed by atoms with Crippen molar-refractivity contribution in [3.63, 3.8) is 0 Å². The number of benzene rings is 1. The van der Waals surface area contributed by atoms with E-state index in [0.717, 1.165) is 17.0 Å². The second kappa shape index (κ2) is 6.19. The number of aryl methyl sites for hydroxylation is 1. The Kier molecular flexibility index (Phi) is 4.07. The predicted octanol–water partition coefficient (Wildman–Crippen LogP) is 2.98. The van der Waals surface area contributed by atoms with Gasteiger partial charge in [0.1, 0.15) is 5.82 Å². The van der Waals surface area contributed by atoms with E-state index in [4.69, 9.17) is 0 Å². The molecule has 0 aliphatic rings. The number of amides is 1. The Morgan fingerprint density at radius 3 is 2.38 bits per heavy atom. The largest absolute Gasteiger partial charge is 0.319 e. The SMILES string of the molecule is Cc1nn(-c2ncc(NC(=O)c3ccccc3F)cn2)c(C)c1C. The number of anilines is 1. The molecule has 0 bridgehead atoms. The maximum absolute atomic E-state index is 13.6. The summed E-state index contributed by atoms with van der Waals surface area (Å²) in [6.45, 7) is 5.84. The molecule has 1 aromatic carbocycles. The summed E-state index contributed by atoms with van der Waals surface area (Å²) in [6.07, 6.45) is 2.93.